The molecular weight excluding hydrogens is 363 g/mol. The summed E-state index contributed by atoms with van der Waals surface area (Å²) < 4.78 is 44.3. The normalized spacial score (nSPS) is 13.0. The van der Waals surface area contributed by atoms with Gasteiger partial charge in [-0.2, -0.15) is 0 Å². The summed E-state index contributed by atoms with van der Waals surface area (Å²) in [5.41, 5.74) is -0.379. The van der Waals surface area contributed by atoms with Crippen LogP contribution in [0, 0.1) is 10.1 Å². The summed E-state index contributed by atoms with van der Waals surface area (Å²) in [7, 11) is 0. The first-order chi connectivity index (χ1) is 9.61. The Balaban J connectivity index is 2.95. The highest BCUT2D eigenvalue weighted by Crippen LogP contribution is 2.37. The highest BCUT2D eigenvalue weighted by molar-refractivity contribution is 9.10. The van der Waals surface area contributed by atoms with Gasteiger partial charge in [-0.25, -0.2) is 0 Å². The monoisotopic (exact) mass is 373 g/mol. The third-order valence-corrected chi connectivity index (χ3v) is 2.76. The summed E-state index contributed by atoms with van der Waals surface area (Å²) in [5.74, 6) is -0.288. The Morgan fingerprint density at radius 3 is 2.52 bits per heavy atom. The molecule has 6 nitrogen and oxygen atoms in total. The zero-order valence-corrected chi connectivity index (χ0v) is 12.3. The molecule has 1 N–H and O–H groups in total. The average Bonchev–Trinajstić information content (AvgIpc) is 2.33. The number of aliphatic hydroxyl groups excluding tert-OH is 1. The predicted molar refractivity (Wildman–Crippen MR) is 68.9 cm³/mol. The molecule has 0 saturated carbocycles. The van der Waals surface area contributed by atoms with Crippen LogP contribution in [0.5, 0.6) is 5.75 Å². The number of nitro benzene ring substituents is 1. The van der Waals surface area contributed by atoms with Crippen molar-refractivity contribution in [3.63, 3.8) is 0 Å². The molecule has 1 aromatic carbocycles. The lowest BCUT2D eigenvalue weighted by Crippen LogP contribution is -2.18. The molecular formula is C11H11BrF3NO5. The van der Waals surface area contributed by atoms with E-state index in [1.165, 1.54) is 13.0 Å². The molecule has 10 heteroatoms. The van der Waals surface area contributed by atoms with E-state index in [1.807, 2.05) is 0 Å². The van der Waals surface area contributed by atoms with Crippen LogP contribution < -0.4 is 4.74 Å². The summed E-state index contributed by atoms with van der Waals surface area (Å²) >= 11 is 3.05. The molecule has 0 fully saturated rings. The maximum Gasteiger partial charge on any atom is 0.522 e. The fourth-order valence-electron chi connectivity index (χ4n) is 1.50. The molecule has 1 aromatic rings. The van der Waals surface area contributed by atoms with Gasteiger partial charge < -0.3 is 9.84 Å². The van der Waals surface area contributed by atoms with Crippen LogP contribution in [0.1, 0.15) is 18.6 Å². The van der Waals surface area contributed by atoms with Gasteiger partial charge in [-0.15, -0.1) is 13.2 Å². The van der Waals surface area contributed by atoms with Gasteiger partial charge in [-0.05, 0) is 13.0 Å². The van der Waals surface area contributed by atoms with Crippen molar-refractivity contribution in [2.24, 2.45) is 0 Å². The molecule has 1 rings (SSSR count). The third-order valence-electron chi connectivity index (χ3n) is 2.31. The number of hydrogen-bond donors (Lipinski definition) is 1. The van der Waals surface area contributed by atoms with Gasteiger partial charge in [0.2, 0.25) is 5.75 Å². The number of nitrogens with zero attached hydrogens (tertiary/aromatic N) is 1. The number of aliphatic hydroxyl groups is 1. The minimum atomic E-state index is -4.80. The fraction of sp³-hybridized carbons (Fsp3) is 0.455. The van der Waals surface area contributed by atoms with Gasteiger partial charge in [0.15, 0.2) is 0 Å². The lowest BCUT2D eigenvalue weighted by molar-refractivity contribution is -0.386. The summed E-state index contributed by atoms with van der Waals surface area (Å²) in [6.45, 7) is -0.0256. The van der Waals surface area contributed by atoms with Crippen LogP contribution in [0.4, 0.5) is 18.9 Å². The lowest BCUT2D eigenvalue weighted by Gasteiger charge is -2.14. The first-order valence-corrected chi connectivity index (χ1v) is 6.40. The highest BCUT2D eigenvalue weighted by Gasteiger charge is 2.29. The molecule has 1 atom stereocenters. The van der Waals surface area contributed by atoms with Crippen molar-refractivity contribution < 1.29 is 32.7 Å². The van der Waals surface area contributed by atoms with E-state index < -0.39 is 36.3 Å². The summed E-state index contributed by atoms with van der Waals surface area (Å²) in [6, 6.07) is 2.52. The van der Waals surface area contributed by atoms with E-state index in [0.717, 1.165) is 6.07 Å². The summed E-state index contributed by atoms with van der Waals surface area (Å²) in [4.78, 5) is 10.2. The zero-order chi connectivity index (χ0) is 16.2. The molecule has 0 heterocycles. The Kier molecular flexibility index (Phi) is 5.93. The number of rotatable bonds is 6. The second-order valence-corrected chi connectivity index (χ2v) is 4.83. The minimum absolute atomic E-state index is 0.0862. The molecule has 0 amide bonds. The van der Waals surface area contributed by atoms with Gasteiger partial charge in [0.25, 0.3) is 0 Å². The Morgan fingerprint density at radius 1 is 1.43 bits per heavy atom. The van der Waals surface area contributed by atoms with Crippen molar-refractivity contribution in [3.05, 3.63) is 32.3 Å². The number of alkyl halides is 3. The number of benzene rings is 1. The molecule has 0 saturated heterocycles. The Bertz CT molecular complexity index is 521. The van der Waals surface area contributed by atoms with E-state index in [-0.39, 0.29) is 11.3 Å². The minimum Gasteiger partial charge on any atom is -0.484 e. The van der Waals surface area contributed by atoms with Crippen molar-refractivity contribution in [1.82, 2.24) is 0 Å². The second-order valence-electron chi connectivity index (χ2n) is 3.92. The van der Waals surface area contributed by atoms with Crippen molar-refractivity contribution >= 4 is 21.6 Å². The SMILES string of the molecule is C[C@H](O)c1cc(Br)cc([N+](=O)[O-])c1OCCOC(F)(F)F. The molecule has 0 radical (unpaired) electrons. The fourth-order valence-corrected chi connectivity index (χ4v) is 1.97. The molecule has 0 bridgehead atoms. The van der Waals surface area contributed by atoms with Crippen molar-refractivity contribution in [3.8, 4) is 5.75 Å². The van der Waals surface area contributed by atoms with Gasteiger partial charge in [-0.1, -0.05) is 15.9 Å². The molecule has 118 valence electrons. The van der Waals surface area contributed by atoms with Crippen LogP contribution >= 0.6 is 15.9 Å². The lowest BCUT2D eigenvalue weighted by atomic mass is 10.1. The second kappa shape index (κ2) is 7.05. The molecule has 0 aliphatic carbocycles. The van der Waals surface area contributed by atoms with Crippen molar-refractivity contribution in [2.75, 3.05) is 13.2 Å². The Labute approximate surface area is 125 Å². The van der Waals surface area contributed by atoms with Gasteiger partial charge in [0.05, 0.1) is 17.6 Å². The van der Waals surface area contributed by atoms with Crippen LogP contribution in [0.2, 0.25) is 0 Å². The van der Waals surface area contributed by atoms with E-state index in [9.17, 15) is 28.4 Å². The number of hydrogen-bond acceptors (Lipinski definition) is 5. The van der Waals surface area contributed by atoms with Crippen LogP contribution in [0.3, 0.4) is 0 Å². The topological polar surface area (TPSA) is 81.8 Å². The van der Waals surface area contributed by atoms with Gasteiger partial charge in [-0.3, -0.25) is 14.9 Å². The largest absolute Gasteiger partial charge is 0.522 e. The average molecular weight is 374 g/mol. The quantitative estimate of drug-likeness (QED) is 0.469. The molecule has 0 spiro atoms. The standard InChI is InChI=1S/C11H11BrF3NO5/c1-6(17)8-4-7(12)5-9(16(18)19)10(8)20-2-3-21-11(13,14)15/h4-6,17H,2-3H2,1H3/t6-/m0/s1. The van der Waals surface area contributed by atoms with E-state index in [2.05, 4.69) is 20.7 Å². The van der Waals surface area contributed by atoms with Crippen LogP contribution in [-0.4, -0.2) is 29.6 Å². The summed E-state index contributed by atoms with van der Waals surface area (Å²) in [6.07, 6.45) is -5.90. The van der Waals surface area contributed by atoms with Crippen LogP contribution in [0.25, 0.3) is 0 Å². The van der Waals surface area contributed by atoms with Gasteiger partial charge in [0, 0.05) is 16.1 Å². The molecule has 0 aliphatic heterocycles. The van der Waals surface area contributed by atoms with Gasteiger partial charge >= 0.3 is 12.0 Å². The number of halogens is 4. The first-order valence-electron chi connectivity index (χ1n) is 5.61. The molecule has 0 unspecified atom stereocenters. The van der Waals surface area contributed by atoms with Crippen molar-refractivity contribution in [1.29, 1.82) is 0 Å². The Hall–Kier alpha value is -1.39. The van der Waals surface area contributed by atoms with Crippen LogP contribution in [-0.2, 0) is 4.74 Å². The van der Waals surface area contributed by atoms with Gasteiger partial charge in [0.1, 0.15) is 6.61 Å². The molecule has 0 aliphatic rings. The zero-order valence-electron chi connectivity index (χ0n) is 10.7. The maximum atomic E-state index is 11.8. The van der Waals surface area contributed by atoms with E-state index in [0.29, 0.717) is 4.47 Å². The third kappa shape index (κ3) is 5.48. The van der Waals surface area contributed by atoms with E-state index in [4.69, 9.17) is 4.74 Å². The first kappa shape index (κ1) is 17.7. The number of nitro groups is 1. The number of ether oxygens (including phenoxy) is 2. The van der Waals surface area contributed by atoms with E-state index in [1.54, 1.807) is 0 Å². The predicted octanol–water partition coefficient (Wildman–Crippen LogP) is 3.33. The summed E-state index contributed by atoms with van der Waals surface area (Å²) in [5, 5.41) is 20.5. The maximum absolute atomic E-state index is 11.8. The van der Waals surface area contributed by atoms with Crippen molar-refractivity contribution in [2.45, 2.75) is 19.4 Å². The Morgan fingerprint density at radius 2 is 2.05 bits per heavy atom. The molecule has 21 heavy (non-hydrogen) atoms. The van der Waals surface area contributed by atoms with Crippen LogP contribution in [0.15, 0.2) is 16.6 Å². The smallest absolute Gasteiger partial charge is 0.484 e. The molecule has 0 aromatic heterocycles. The highest BCUT2D eigenvalue weighted by atomic mass is 79.9. The van der Waals surface area contributed by atoms with E-state index >= 15 is 0 Å².